The highest BCUT2D eigenvalue weighted by molar-refractivity contribution is 5.99. The van der Waals surface area contributed by atoms with Gasteiger partial charge in [-0.3, -0.25) is 0 Å². The van der Waals surface area contributed by atoms with Gasteiger partial charge in [0.25, 0.3) is 0 Å². The molecule has 1 aromatic carbocycles. The van der Waals surface area contributed by atoms with Crippen molar-refractivity contribution in [3.8, 4) is 5.75 Å². The van der Waals surface area contributed by atoms with Crippen LogP contribution >= 0.6 is 0 Å². The van der Waals surface area contributed by atoms with Crippen molar-refractivity contribution >= 4 is 5.84 Å². The topological polar surface area (TPSA) is 79.9 Å². The van der Waals surface area contributed by atoms with Crippen molar-refractivity contribution in [2.24, 2.45) is 16.3 Å². The van der Waals surface area contributed by atoms with Crippen LogP contribution in [-0.4, -0.2) is 24.7 Å². The van der Waals surface area contributed by atoms with Gasteiger partial charge in [-0.15, -0.1) is 0 Å². The summed E-state index contributed by atoms with van der Waals surface area (Å²) < 4.78 is 5.27. The van der Waals surface area contributed by atoms with Gasteiger partial charge in [0.2, 0.25) is 0 Å². The van der Waals surface area contributed by atoms with E-state index in [0.717, 1.165) is 18.7 Å². The second kappa shape index (κ2) is 5.48. The maximum atomic E-state index is 8.71. The Bertz CT molecular complexity index is 482. The zero-order valence-corrected chi connectivity index (χ0v) is 11.4. The van der Waals surface area contributed by atoms with Crippen molar-refractivity contribution in [1.29, 1.82) is 0 Å². The highest BCUT2D eigenvalue weighted by atomic mass is 16.5. The molecule has 1 fully saturated rings. The van der Waals surface area contributed by atoms with E-state index in [-0.39, 0.29) is 5.84 Å². The van der Waals surface area contributed by atoms with Crippen LogP contribution in [0.1, 0.15) is 30.9 Å². The first kappa shape index (κ1) is 13.7. The number of oxime groups is 1. The minimum Gasteiger partial charge on any atom is -0.496 e. The first-order valence-electron chi connectivity index (χ1n) is 6.43. The summed E-state index contributed by atoms with van der Waals surface area (Å²) in [7, 11) is 1.58. The second-order valence-corrected chi connectivity index (χ2v) is 5.43. The molecular weight excluding hydrogens is 242 g/mol. The van der Waals surface area contributed by atoms with E-state index in [1.54, 1.807) is 7.11 Å². The molecule has 5 heteroatoms. The maximum Gasteiger partial charge on any atom is 0.173 e. The molecule has 1 saturated carbocycles. The Morgan fingerprint density at radius 2 is 2.26 bits per heavy atom. The van der Waals surface area contributed by atoms with Crippen LogP contribution in [0.5, 0.6) is 5.75 Å². The van der Waals surface area contributed by atoms with Crippen LogP contribution in [0, 0.1) is 5.41 Å². The second-order valence-electron chi connectivity index (χ2n) is 5.43. The molecule has 104 valence electrons. The van der Waals surface area contributed by atoms with E-state index in [4.69, 9.17) is 15.7 Å². The quantitative estimate of drug-likeness (QED) is 0.316. The number of ether oxygens (including phenoxy) is 1. The van der Waals surface area contributed by atoms with Crippen molar-refractivity contribution < 1.29 is 9.94 Å². The largest absolute Gasteiger partial charge is 0.496 e. The average molecular weight is 263 g/mol. The number of hydrogen-bond donors (Lipinski definition) is 3. The maximum absolute atomic E-state index is 8.71. The van der Waals surface area contributed by atoms with Gasteiger partial charge in [0.15, 0.2) is 5.84 Å². The lowest BCUT2D eigenvalue weighted by atomic mass is 10.1. The summed E-state index contributed by atoms with van der Waals surface area (Å²) in [6.07, 6.45) is 2.62. The molecule has 0 atom stereocenters. The zero-order valence-electron chi connectivity index (χ0n) is 11.4. The molecular formula is C14H21N3O2. The van der Waals surface area contributed by atoms with E-state index in [1.807, 2.05) is 18.2 Å². The lowest BCUT2D eigenvalue weighted by Gasteiger charge is -2.12. The van der Waals surface area contributed by atoms with Gasteiger partial charge in [0.05, 0.1) is 12.7 Å². The van der Waals surface area contributed by atoms with Gasteiger partial charge in [-0.25, -0.2) is 0 Å². The average Bonchev–Trinajstić information content (AvgIpc) is 3.15. The zero-order chi connectivity index (χ0) is 13.9. The summed E-state index contributed by atoms with van der Waals surface area (Å²) >= 11 is 0. The molecule has 0 saturated heterocycles. The van der Waals surface area contributed by atoms with Crippen LogP contribution in [0.25, 0.3) is 0 Å². The summed E-state index contributed by atoms with van der Waals surface area (Å²) in [6.45, 7) is 4.13. The number of nitrogens with two attached hydrogens (primary N) is 1. The number of hydrogen-bond acceptors (Lipinski definition) is 4. The molecule has 19 heavy (non-hydrogen) atoms. The van der Waals surface area contributed by atoms with Crippen LogP contribution in [0.15, 0.2) is 23.4 Å². The molecule has 0 radical (unpaired) electrons. The Morgan fingerprint density at radius 1 is 1.53 bits per heavy atom. The molecule has 5 nitrogen and oxygen atoms in total. The third-order valence-corrected chi connectivity index (χ3v) is 3.63. The number of benzene rings is 1. The van der Waals surface area contributed by atoms with E-state index in [9.17, 15) is 0 Å². The van der Waals surface area contributed by atoms with Crippen molar-refractivity contribution in [2.45, 2.75) is 26.3 Å². The first-order valence-corrected chi connectivity index (χ1v) is 6.43. The van der Waals surface area contributed by atoms with Gasteiger partial charge in [0.1, 0.15) is 5.75 Å². The van der Waals surface area contributed by atoms with E-state index >= 15 is 0 Å². The molecule has 1 aromatic rings. The molecule has 0 aromatic heterocycles. The first-order chi connectivity index (χ1) is 9.08. The Hall–Kier alpha value is -1.75. The van der Waals surface area contributed by atoms with Gasteiger partial charge < -0.3 is 21.0 Å². The monoisotopic (exact) mass is 263 g/mol. The Morgan fingerprint density at radius 3 is 2.84 bits per heavy atom. The molecule has 1 aliphatic carbocycles. The highest BCUT2D eigenvalue weighted by Gasteiger charge is 2.36. The number of nitrogens with one attached hydrogen (secondary N) is 1. The number of rotatable bonds is 6. The Balaban J connectivity index is 2.01. The fraction of sp³-hybridized carbons (Fsp3) is 0.500. The minimum absolute atomic E-state index is 0.0573. The molecule has 0 unspecified atom stereocenters. The van der Waals surface area contributed by atoms with E-state index in [1.165, 1.54) is 12.8 Å². The number of methoxy groups -OCH3 is 1. The van der Waals surface area contributed by atoms with Gasteiger partial charge in [-0.2, -0.15) is 0 Å². The smallest absolute Gasteiger partial charge is 0.173 e. The predicted molar refractivity (Wildman–Crippen MR) is 74.6 cm³/mol. The molecule has 0 aliphatic heterocycles. The molecule has 0 amide bonds. The van der Waals surface area contributed by atoms with Crippen LogP contribution in [0.4, 0.5) is 0 Å². The molecule has 4 N–H and O–H groups in total. The molecule has 0 bridgehead atoms. The number of amidine groups is 1. The third kappa shape index (κ3) is 3.38. The molecule has 0 spiro atoms. The van der Waals surface area contributed by atoms with Crippen molar-refractivity contribution in [3.63, 3.8) is 0 Å². The van der Waals surface area contributed by atoms with Crippen LogP contribution in [0.3, 0.4) is 0 Å². The van der Waals surface area contributed by atoms with E-state index in [0.29, 0.717) is 16.7 Å². The lowest BCUT2D eigenvalue weighted by Crippen LogP contribution is -2.21. The highest BCUT2D eigenvalue weighted by Crippen LogP contribution is 2.44. The SMILES string of the molecule is COc1cc(CNCC2(C)CC2)ccc1/C(N)=N/O. The fourth-order valence-electron chi connectivity index (χ4n) is 2.01. The van der Waals surface area contributed by atoms with Crippen LogP contribution < -0.4 is 15.8 Å². The molecule has 1 aliphatic rings. The van der Waals surface area contributed by atoms with Gasteiger partial charge in [0, 0.05) is 13.1 Å². The lowest BCUT2D eigenvalue weighted by molar-refractivity contribution is 0.318. The summed E-state index contributed by atoms with van der Waals surface area (Å²) in [6, 6.07) is 5.68. The van der Waals surface area contributed by atoms with Crippen molar-refractivity contribution in [1.82, 2.24) is 5.32 Å². The molecule has 0 heterocycles. The number of nitrogens with zero attached hydrogens (tertiary/aromatic N) is 1. The third-order valence-electron chi connectivity index (χ3n) is 3.63. The fourth-order valence-corrected chi connectivity index (χ4v) is 2.01. The van der Waals surface area contributed by atoms with Gasteiger partial charge in [-0.05, 0) is 36.0 Å². The summed E-state index contributed by atoms with van der Waals surface area (Å²) in [5.74, 6) is 0.675. The summed E-state index contributed by atoms with van der Waals surface area (Å²) in [5.41, 5.74) is 7.81. The minimum atomic E-state index is 0.0573. The van der Waals surface area contributed by atoms with Crippen LogP contribution in [-0.2, 0) is 6.54 Å². The molecule has 2 rings (SSSR count). The van der Waals surface area contributed by atoms with E-state index < -0.39 is 0 Å². The van der Waals surface area contributed by atoms with Gasteiger partial charge in [-0.1, -0.05) is 18.1 Å². The summed E-state index contributed by atoms with van der Waals surface area (Å²) in [4.78, 5) is 0. The summed E-state index contributed by atoms with van der Waals surface area (Å²) in [5, 5.41) is 15.2. The Kier molecular flexibility index (Phi) is 3.95. The Labute approximate surface area is 113 Å². The predicted octanol–water partition coefficient (Wildman–Crippen LogP) is 1.68. The normalized spacial score (nSPS) is 17.3. The standard InChI is InChI=1S/C14H21N3O2/c1-14(5-6-14)9-16-8-10-3-4-11(13(15)17-18)12(7-10)19-2/h3-4,7,16,18H,5-6,8-9H2,1-2H3,(H2,15,17). The van der Waals surface area contributed by atoms with Crippen molar-refractivity contribution in [3.05, 3.63) is 29.3 Å². The van der Waals surface area contributed by atoms with Crippen molar-refractivity contribution in [2.75, 3.05) is 13.7 Å². The van der Waals surface area contributed by atoms with Crippen LogP contribution in [0.2, 0.25) is 0 Å². The van der Waals surface area contributed by atoms with E-state index in [2.05, 4.69) is 17.4 Å². The van der Waals surface area contributed by atoms with Gasteiger partial charge >= 0.3 is 0 Å².